The Labute approximate surface area is 238 Å². The first-order chi connectivity index (χ1) is 18.3. The Balaban J connectivity index is 1.76. The summed E-state index contributed by atoms with van der Waals surface area (Å²) in [6.45, 7) is 19.7. The van der Waals surface area contributed by atoms with Crippen LogP contribution in [-0.2, 0) is 7.05 Å². The smallest absolute Gasteiger partial charge is 0.200 e. The van der Waals surface area contributed by atoms with Crippen LogP contribution in [0.3, 0.4) is 0 Å². The molecule has 0 atom stereocenters. The number of nitrogens with zero attached hydrogens (tertiary/aromatic N) is 1. The molecule has 0 unspecified atom stereocenters. The van der Waals surface area contributed by atoms with Crippen LogP contribution >= 0.6 is 0 Å². The van der Waals surface area contributed by atoms with Crippen LogP contribution in [0.15, 0.2) is 72.9 Å². The Morgan fingerprint density at radius 3 is 2.03 bits per heavy atom. The van der Waals surface area contributed by atoms with Crippen LogP contribution in [0.2, 0.25) is 16.6 Å². The van der Waals surface area contributed by atoms with E-state index in [-0.39, 0.29) is 10.1 Å². The quantitative estimate of drug-likeness (QED) is 0.181. The van der Waals surface area contributed by atoms with E-state index in [1.54, 1.807) is 10.8 Å². The molecule has 0 spiro atoms. The summed E-state index contributed by atoms with van der Waals surface area (Å²) in [6, 6.07) is 25.7. The van der Waals surface area contributed by atoms with Gasteiger partial charge in [0.25, 0.3) is 0 Å². The first kappa shape index (κ1) is 27.8. The van der Waals surface area contributed by atoms with Crippen LogP contribution in [0.1, 0.15) is 84.3 Å². The third kappa shape index (κ3) is 4.80. The molecule has 0 radical (unpaired) electrons. The van der Waals surface area contributed by atoms with Crippen molar-refractivity contribution in [2.24, 2.45) is 7.05 Å². The van der Waals surface area contributed by atoms with Crippen molar-refractivity contribution in [2.45, 2.75) is 96.7 Å². The lowest BCUT2D eigenvalue weighted by atomic mass is 9.85. The number of hydrogen-bond acceptors (Lipinski definition) is 0. The lowest BCUT2D eigenvalue weighted by Crippen LogP contribution is -2.58. The van der Waals surface area contributed by atoms with E-state index < -0.39 is 8.07 Å². The molecular formula is C37H48NSi+. The number of aromatic nitrogens is 1. The zero-order valence-electron chi connectivity index (χ0n) is 25.8. The SMILES string of the molecule is Cc1c(-c2c3ccc([Si](C)(C(C)(C)C)C(C)(C)C)cc3cc[n+]2C)cc(-c2ccccc2)cc1C1CCCC1. The zero-order chi connectivity index (χ0) is 28.2. The van der Waals surface area contributed by atoms with Gasteiger partial charge in [0.15, 0.2) is 6.20 Å². The number of hydrogen-bond donors (Lipinski definition) is 0. The average molecular weight is 535 g/mol. The van der Waals surface area contributed by atoms with E-state index in [2.05, 4.69) is 140 Å². The van der Waals surface area contributed by atoms with Crippen LogP contribution in [0.25, 0.3) is 33.2 Å². The molecule has 39 heavy (non-hydrogen) atoms. The highest BCUT2D eigenvalue weighted by Crippen LogP contribution is 2.51. The van der Waals surface area contributed by atoms with E-state index in [4.69, 9.17) is 0 Å². The maximum absolute atomic E-state index is 2.60. The second-order valence-corrected chi connectivity index (χ2v) is 20.1. The van der Waals surface area contributed by atoms with Crippen LogP contribution in [0, 0.1) is 6.92 Å². The van der Waals surface area contributed by atoms with E-state index in [1.807, 2.05) is 0 Å². The van der Waals surface area contributed by atoms with E-state index in [0.29, 0.717) is 5.92 Å². The van der Waals surface area contributed by atoms with Gasteiger partial charge in [0.05, 0.1) is 19.0 Å². The van der Waals surface area contributed by atoms with E-state index in [1.165, 1.54) is 64.4 Å². The van der Waals surface area contributed by atoms with Gasteiger partial charge < -0.3 is 0 Å². The summed E-state index contributed by atoms with van der Waals surface area (Å²) in [5, 5.41) is 4.81. The van der Waals surface area contributed by atoms with Crippen LogP contribution in [-0.4, -0.2) is 8.07 Å². The number of aryl methyl sites for hydroxylation is 1. The van der Waals surface area contributed by atoms with Gasteiger partial charge in [-0.1, -0.05) is 115 Å². The number of fused-ring (bicyclic) bond motifs is 1. The average Bonchev–Trinajstić information content (AvgIpc) is 3.42. The van der Waals surface area contributed by atoms with Crippen molar-refractivity contribution in [1.82, 2.24) is 0 Å². The van der Waals surface area contributed by atoms with Crippen molar-refractivity contribution < 1.29 is 4.57 Å². The molecule has 0 saturated heterocycles. The Hall–Kier alpha value is -2.71. The Kier molecular flexibility index (Phi) is 7.16. The molecule has 204 valence electrons. The molecule has 1 nitrogen and oxygen atoms in total. The second-order valence-electron chi connectivity index (χ2n) is 14.3. The molecule has 1 aromatic heterocycles. The molecule has 2 heteroatoms. The summed E-state index contributed by atoms with van der Waals surface area (Å²) < 4.78 is 2.35. The van der Waals surface area contributed by atoms with Crippen molar-refractivity contribution in [1.29, 1.82) is 0 Å². The number of rotatable bonds is 4. The molecule has 1 saturated carbocycles. The van der Waals surface area contributed by atoms with E-state index in [0.717, 1.165) is 0 Å². The molecule has 0 amide bonds. The normalized spacial score (nSPS) is 15.3. The minimum atomic E-state index is -1.85. The van der Waals surface area contributed by atoms with Crippen molar-refractivity contribution in [3.8, 4) is 22.4 Å². The predicted octanol–water partition coefficient (Wildman–Crippen LogP) is 9.85. The van der Waals surface area contributed by atoms with Gasteiger partial charge in [-0.2, -0.15) is 0 Å². The second kappa shape index (κ2) is 10.0. The van der Waals surface area contributed by atoms with Gasteiger partial charge in [-0.15, -0.1) is 0 Å². The van der Waals surface area contributed by atoms with Crippen molar-refractivity contribution >= 4 is 24.0 Å². The minimum absolute atomic E-state index is 0.262. The maximum Gasteiger partial charge on any atom is 0.220 e. The predicted molar refractivity (Wildman–Crippen MR) is 173 cm³/mol. The number of benzene rings is 3. The molecule has 1 aliphatic rings. The van der Waals surface area contributed by atoms with Crippen LogP contribution < -0.4 is 9.75 Å². The van der Waals surface area contributed by atoms with Crippen molar-refractivity contribution in [2.75, 3.05) is 0 Å². The van der Waals surface area contributed by atoms with Gasteiger partial charge in [-0.25, -0.2) is 4.57 Å². The summed E-state index contributed by atoms with van der Waals surface area (Å²) in [6.07, 6.45) is 7.60. The van der Waals surface area contributed by atoms with Crippen molar-refractivity contribution in [3.05, 3.63) is 84.1 Å². The topological polar surface area (TPSA) is 3.88 Å². The summed E-state index contributed by atoms with van der Waals surface area (Å²) in [4.78, 5) is 0. The third-order valence-corrected chi connectivity index (χ3v) is 17.8. The highest BCUT2D eigenvalue weighted by molar-refractivity contribution is 6.95. The molecule has 1 heterocycles. The van der Waals surface area contributed by atoms with Gasteiger partial charge >= 0.3 is 0 Å². The summed E-state index contributed by atoms with van der Waals surface area (Å²) >= 11 is 0. The lowest BCUT2D eigenvalue weighted by Gasteiger charge is -2.50. The molecule has 5 rings (SSSR count). The van der Waals surface area contributed by atoms with E-state index >= 15 is 0 Å². The molecule has 3 aromatic carbocycles. The van der Waals surface area contributed by atoms with E-state index in [9.17, 15) is 0 Å². The third-order valence-electron chi connectivity index (χ3n) is 10.3. The molecule has 0 bridgehead atoms. The molecular weight excluding hydrogens is 487 g/mol. The fraction of sp³-hybridized carbons (Fsp3) is 0.432. The molecule has 1 aliphatic carbocycles. The Morgan fingerprint density at radius 1 is 0.769 bits per heavy atom. The largest absolute Gasteiger partial charge is 0.220 e. The zero-order valence-corrected chi connectivity index (χ0v) is 26.8. The first-order valence-corrected chi connectivity index (χ1v) is 17.5. The lowest BCUT2D eigenvalue weighted by molar-refractivity contribution is -0.659. The highest BCUT2D eigenvalue weighted by Gasteiger charge is 2.50. The molecule has 4 aromatic rings. The summed E-state index contributed by atoms with van der Waals surface area (Å²) in [7, 11) is 0.364. The van der Waals surface area contributed by atoms with Gasteiger partial charge in [0.2, 0.25) is 5.69 Å². The first-order valence-electron chi connectivity index (χ1n) is 15.0. The number of pyridine rings is 1. The monoisotopic (exact) mass is 534 g/mol. The highest BCUT2D eigenvalue weighted by atomic mass is 28.3. The maximum atomic E-state index is 2.60. The minimum Gasteiger partial charge on any atom is -0.200 e. The van der Waals surface area contributed by atoms with Crippen molar-refractivity contribution in [3.63, 3.8) is 0 Å². The molecule has 0 aliphatic heterocycles. The Morgan fingerprint density at radius 2 is 1.41 bits per heavy atom. The summed E-state index contributed by atoms with van der Waals surface area (Å²) in [5.74, 6) is 0.671. The molecule has 1 fully saturated rings. The van der Waals surface area contributed by atoms with Crippen LogP contribution in [0.5, 0.6) is 0 Å². The molecule has 0 N–H and O–H groups in total. The van der Waals surface area contributed by atoms with Gasteiger partial charge in [0, 0.05) is 6.07 Å². The van der Waals surface area contributed by atoms with Crippen LogP contribution in [0.4, 0.5) is 0 Å². The Bertz CT molecular complexity index is 1480. The standard InChI is InChI=1S/C37H48NSi/c1-26-33(28-17-13-14-18-28)24-30(27-15-11-10-12-16-27)25-34(26)35-32-20-19-31(23-29(32)21-22-38(35)8)39(9,36(2,3)4)37(5,6)7/h10-12,15-16,19-25,28H,13-14,17-18H2,1-9H3/q+1. The fourth-order valence-corrected chi connectivity index (χ4v) is 12.3. The van der Waals surface area contributed by atoms with Gasteiger partial charge in [-0.3, -0.25) is 0 Å². The van der Waals surface area contributed by atoms with Gasteiger partial charge in [0.1, 0.15) is 7.05 Å². The summed E-state index contributed by atoms with van der Waals surface area (Å²) in [5.41, 5.74) is 8.37. The fourth-order valence-electron chi connectivity index (χ4n) is 7.45. The van der Waals surface area contributed by atoms with Gasteiger partial charge in [-0.05, 0) is 75.5 Å².